The van der Waals surface area contributed by atoms with Crippen molar-refractivity contribution in [1.29, 1.82) is 0 Å². The molecule has 28 heavy (non-hydrogen) atoms. The number of halogens is 1. The van der Waals surface area contributed by atoms with E-state index in [9.17, 15) is 9.59 Å². The number of H-pyrrole nitrogens is 1. The highest BCUT2D eigenvalue weighted by molar-refractivity contribution is 7.98. The molecule has 5 nitrogen and oxygen atoms in total. The number of benzene rings is 2. The minimum atomic E-state index is -0.279. The molecule has 0 aliphatic heterocycles. The lowest BCUT2D eigenvalue weighted by Crippen LogP contribution is -2.18. The summed E-state index contributed by atoms with van der Waals surface area (Å²) in [5, 5.41) is 3.97. The summed E-state index contributed by atoms with van der Waals surface area (Å²) in [7, 11) is 0. The van der Waals surface area contributed by atoms with Crippen LogP contribution in [0.3, 0.4) is 0 Å². The zero-order valence-electron chi connectivity index (χ0n) is 15.4. The first-order valence-corrected chi connectivity index (χ1v) is 10.2. The van der Waals surface area contributed by atoms with Crippen LogP contribution in [0.1, 0.15) is 23.7 Å². The van der Waals surface area contributed by atoms with Crippen LogP contribution in [0.5, 0.6) is 0 Å². The van der Waals surface area contributed by atoms with E-state index < -0.39 is 0 Å². The van der Waals surface area contributed by atoms with Crippen molar-refractivity contribution >= 4 is 35.0 Å². The van der Waals surface area contributed by atoms with E-state index in [2.05, 4.69) is 22.2 Å². The number of nitrogens with one attached hydrogen (secondary N) is 2. The highest BCUT2D eigenvalue weighted by Gasteiger charge is 2.09. The van der Waals surface area contributed by atoms with Gasteiger partial charge in [0, 0.05) is 22.5 Å². The Bertz CT molecular complexity index is 1020. The van der Waals surface area contributed by atoms with E-state index in [1.54, 1.807) is 0 Å². The predicted octanol–water partition coefficient (Wildman–Crippen LogP) is 4.46. The zero-order valence-corrected chi connectivity index (χ0v) is 16.9. The topological polar surface area (TPSA) is 74.8 Å². The Balaban J connectivity index is 1.63. The van der Waals surface area contributed by atoms with E-state index in [4.69, 9.17) is 11.6 Å². The maximum Gasteiger partial charge on any atom is 0.251 e. The molecule has 0 atom stereocenters. The number of thioether (sulfide) groups is 1. The van der Waals surface area contributed by atoms with Crippen LogP contribution in [-0.2, 0) is 23.4 Å². The summed E-state index contributed by atoms with van der Waals surface area (Å²) < 4.78 is 0. The van der Waals surface area contributed by atoms with E-state index in [0.717, 1.165) is 17.7 Å². The Morgan fingerprint density at radius 3 is 2.64 bits per heavy atom. The molecule has 0 unspecified atom stereocenters. The fraction of sp³-hybridized carbons (Fsp3) is 0.190. The first-order valence-electron chi connectivity index (χ1n) is 8.88. The quantitative estimate of drug-likeness (QED) is 0.443. The molecule has 0 saturated carbocycles. The van der Waals surface area contributed by atoms with E-state index in [-0.39, 0.29) is 17.9 Å². The number of aromatic amines is 1. The molecule has 0 fully saturated rings. The molecule has 3 rings (SSSR count). The Morgan fingerprint density at radius 1 is 1.14 bits per heavy atom. The van der Waals surface area contributed by atoms with Gasteiger partial charge in [0.15, 0.2) is 5.16 Å². The molecule has 1 aromatic heterocycles. The van der Waals surface area contributed by atoms with Gasteiger partial charge in [-0.15, -0.1) is 0 Å². The van der Waals surface area contributed by atoms with Crippen molar-refractivity contribution in [3.05, 3.63) is 86.8 Å². The molecule has 1 heterocycles. The van der Waals surface area contributed by atoms with Crippen LogP contribution < -0.4 is 10.9 Å². The number of aromatic nitrogens is 2. The number of anilines is 1. The number of nitrogens with zero attached hydrogens (tertiary/aromatic N) is 1. The van der Waals surface area contributed by atoms with Crippen molar-refractivity contribution < 1.29 is 4.79 Å². The first kappa shape index (κ1) is 20.2. The van der Waals surface area contributed by atoms with Crippen molar-refractivity contribution in [3.63, 3.8) is 0 Å². The molecule has 3 aromatic rings. The normalized spacial score (nSPS) is 10.6. The lowest BCUT2D eigenvalue weighted by atomic mass is 10.1. The van der Waals surface area contributed by atoms with Crippen LogP contribution in [0, 0.1) is 0 Å². The largest absolute Gasteiger partial charge is 0.326 e. The SMILES string of the molecule is CCc1ccc(NC(=O)Cc2cc(=O)[nH]c(SCc3cccc(Cl)c3)n2)cc1. The monoisotopic (exact) mass is 413 g/mol. The second-order valence-electron chi connectivity index (χ2n) is 6.24. The number of aryl methyl sites for hydroxylation is 1. The summed E-state index contributed by atoms with van der Waals surface area (Å²) in [6.45, 7) is 2.08. The minimum Gasteiger partial charge on any atom is -0.326 e. The lowest BCUT2D eigenvalue weighted by molar-refractivity contribution is -0.115. The van der Waals surface area contributed by atoms with Crippen LogP contribution in [0.25, 0.3) is 0 Å². The van der Waals surface area contributed by atoms with Crippen LogP contribution >= 0.6 is 23.4 Å². The molecule has 2 N–H and O–H groups in total. The van der Waals surface area contributed by atoms with Gasteiger partial charge in [-0.2, -0.15) is 0 Å². The van der Waals surface area contributed by atoms with Crippen molar-refractivity contribution in [3.8, 4) is 0 Å². The average molecular weight is 414 g/mol. The first-order chi connectivity index (χ1) is 13.5. The van der Waals surface area contributed by atoms with Crippen LogP contribution in [0.15, 0.2) is 64.5 Å². The number of amides is 1. The van der Waals surface area contributed by atoms with Crippen molar-refractivity contribution in [1.82, 2.24) is 9.97 Å². The number of carbonyl (C=O) groups is 1. The predicted molar refractivity (Wildman–Crippen MR) is 114 cm³/mol. The third-order valence-corrected chi connectivity index (χ3v) is 5.20. The van der Waals surface area contributed by atoms with Gasteiger partial charge in [-0.05, 0) is 41.8 Å². The fourth-order valence-electron chi connectivity index (χ4n) is 2.61. The minimum absolute atomic E-state index is 0.0319. The van der Waals surface area contributed by atoms with Gasteiger partial charge in [-0.3, -0.25) is 9.59 Å². The van der Waals surface area contributed by atoms with Gasteiger partial charge in [0.05, 0.1) is 12.1 Å². The molecule has 144 valence electrons. The standard InChI is InChI=1S/C21H20ClN3O2S/c1-2-14-6-8-17(9-7-14)23-19(26)11-18-12-20(27)25-21(24-18)28-13-15-4-3-5-16(22)10-15/h3-10,12H,2,11,13H2,1H3,(H,23,26)(H,24,25,27). The number of carbonyl (C=O) groups excluding carboxylic acids is 1. The molecule has 0 aliphatic carbocycles. The van der Waals surface area contributed by atoms with E-state index >= 15 is 0 Å². The van der Waals surface area contributed by atoms with Gasteiger partial charge in [-0.25, -0.2) is 4.98 Å². The smallest absolute Gasteiger partial charge is 0.251 e. The van der Waals surface area contributed by atoms with Crippen molar-refractivity contribution in [2.24, 2.45) is 0 Å². The fourth-order valence-corrected chi connectivity index (χ4v) is 3.66. The third kappa shape index (κ3) is 5.97. The van der Waals surface area contributed by atoms with Crippen LogP contribution in [0.2, 0.25) is 5.02 Å². The molecule has 0 spiro atoms. The van der Waals surface area contributed by atoms with Gasteiger partial charge in [0.2, 0.25) is 5.91 Å². The van der Waals surface area contributed by atoms with Gasteiger partial charge >= 0.3 is 0 Å². The molecular weight excluding hydrogens is 394 g/mol. The van der Waals surface area contributed by atoms with Crippen LogP contribution in [0.4, 0.5) is 5.69 Å². The van der Waals surface area contributed by atoms with Gasteiger partial charge < -0.3 is 10.3 Å². The van der Waals surface area contributed by atoms with E-state index in [1.165, 1.54) is 23.4 Å². The lowest BCUT2D eigenvalue weighted by Gasteiger charge is -2.07. The van der Waals surface area contributed by atoms with E-state index in [0.29, 0.717) is 21.6 Å². The number of hydrogen-bond acceptors (Lipinski definition) is 4. The Morgan fingerprint density at radius 2 is 1.93 bits per heavy atom. The molecule has 7 heteroatoms. The summed E-state index contributed by atoms with van der Waals surface area (Å²) in [6, 6.07) is 16.6. The zero-order chi connectivity index (χ0) is 19.9. The van der Waals surface area contributed by atoms with Gasteiger partial charge in [0.1, 0.15) is 0 Å². The summed E-state index contributed by atoms with van der Waals surface area (Å²) >= 11 is 7.38. The molecule has 0 radical (unpaired) electrons. The highest BCUT2D eigenvalue weighted by Crippen LogP contribution is 2.21. The number of rotatable bonds is 7. The third-order valence-electron chi connectivity index (χ3n) is 4.03. The van der Waals surface area contributed by atoms with Crippen LogP contribution in [-0.4, -0.2) is 15.9 Å². The molecule has 0 saturated heterocycles. The Hall–Kier alpha value is -2.57. The van der Waals surface area contributed by atoms with Crippen molar-refractivity contribution in [2.45, 2.75) is 30.7 Å². The summed E-state index contributed by atoms with van der Waals surface area (Å²) in [6.07, 6.45) is 0.977. The summed E-state index contributed by atoms with van der Waals surface area (Å²) in [5.74, 6) is 0.399. The summed E-state index contributed by atoms with van der Waals surface area (Å²) in [5.41, 5.74) is 3.11. The second-order valence-corrected chi connectivity index (χ2v) is 7.64. The van der Waals surface area contributed by atoms with Crippen molar-refractivity contribution in [2.75, 3.05) is 5.32 Å². The molecular formula is C21H20ClN3O2S. The van der Waals surface area contributed by atoms with E-state index in [1.807, 2.05) is 48.5 Å². The molecule has 0 bridgehead atoms. The molecule has 2 aromatic carbocycles. The Kier molecular flexibility index (Phi) is 6.90. The Labute approximate surface area is 172 Å². The summed E-state index contributed by atoms with van der Waals surface area (Å²) in [4.78, 5) is 31.3. The second kappa shape index (κ2) is 9.57. The molecule has 0 aliphatic rings. The molecule has 1 amide bonds. The van der Waals surface area contributed by atoms with Gasteiger partial charge in [0.25, 0.3) is 5.56 Å². The van der Waals surface area contributed by atoms with Gasteiger partial charge in [-0.1, -0.05) is 54.6 Å². The average Bonchev–Trinajstić information content (AvgIpc) is 2.66. The maximum absolute atomic E-state index is 12.3. The maximum atomic E-state index is 12.3. The number of hydrogen-bond donors (Lipinski definition) is 2. The highest BCUT2D eigenvalue weighted by atomic mass is 35.5.